The van der Waals surface area contributed by atoms with Crippen LogP contribution in [0.3, 0.4) is 0 Å². The minimum Gasteiger partial charge on any atom is -0.497 e. The van der Waals surface area contributed by atoms with Crippen molar-refractivity contribution in [3.05, 3.63) is 110 Å². The first-order chi connectivity index (χ1) is 15.3. The second-order valence-electron chi connectivity index (χ2n) is 7.21. The number of allylic oxidation sites excluding steroid dienone is 4. The highest BCUT2D eigenvalue weighted by molar-refractivity contribution is 8.00. The Balaban J connectivity index is 1.77. The fourth-order valence-corrected chi connectivity index (χ4v) is 4.33. The van der Waals surface area contributed by atoms with Crippen LogP contribution in [0.4, 0.5) is 0 Å². The second kappa shape index (κ2) is 10.2. The lowest BCUT2D eigenvalue weighted by atomic mass is 10.1. The minimum atomic E-state index is -2.92. The van der Waals surface area contributed by atoms with E-state index >= 15 is 0 Å². The fourth-order valence-electron chi connectivity index (χ4n) is 3.00. The van der Waals surface area contributed by atoms with E-state index in [9.17, 15) is 4.21 Å². The molecule has 0 saturated heterocycles. The smallest absolute Gasteiger partial charge is 0.127 e. The van der Waals surface area contributed by atoms with Crippen LogP contribution in [0.15, 0.2) is 115 Å². The Kier molecular flexibility index (Phi) is 7.36. The third-order valence-electron chi connectivity index (χ3n) is 4.77. The SMILES string of the molecule is C=CC(/C=C\C(=C)C)=S(N)(=O)c1ccc(Oc2ccc(-c3ccc(OC)cc3)cc2)cc1. The van der Waals surface area contributed by atoms with Gasteiger partial charge in [0.05, 0.1) is 16.8 Å². The van der Waals surface area contributed by atoms with Gasteiger partial charge in [0, 0.05) is 9.76 Å². The molecule has 0 aliphatic carbocycles. The monoisotopic (exact) mass is 445 g/mol. The summed E-state index contributed by atoms with van der Waals surface area (Å²) in [6, 6.07) is 22.6. The average molecular weight is 446 g/mol. The van der Waals surface area contributed by atoms with Gasteiger partial charge >= 0.3 is 0 Å². The summed E-state index contributed by atoms with van der Waals surface area (Å²) in [5.41, 5.74) is 3.00. The van der Waals surface area contributed by atoms with Crippen LogP contribution in [-0.2, 0) is 9.71 Å². The summed E-state index contributed by atoms with van der Waals surface area (Å²) >= 11 is 0. The van der Waals surface area contributed by atoms with Crippen LogP contribution in [-0.4, -0.2) is 16.2 Å². The van der Waals surface area contributed by atoms with E-state index in [1.165, 1.54) is 6.08 Å². The summed E-state index contributed by atoms with van der Waals surface area (Å²) in [6.07, 6.45) is 4.96. The molecule has 0 saturated carbocycles. The van der Waals surface area contributed by atoms with Crippen molar-refractivity contribution in [3.8, 4) is 28.4 Å². The van der Waals surface area contributed by atoms with Gasteiger partial charge in [0.2, 0.25) is 0 Å². The summed E-state index contributed by atoms with van der Waals surface area (Å²) in [7, 11) is -1.27. The zero-order chi connectivity index (χ0) is 23.1. The molecule has 0 aliphatic rings. The standard InChI is InChI=1S/C27H27NO3S/c1-5-26(17-6-20(2)3)32(28,29)27-18-15-25(16-19-27)31-24-13-9-22(10-14-24)21-7-11-23(30-4)12-8-21/h5-19H,1-2H2,3-4H3,(H2,28,29)/b17-6-. The van der Waals surface area contributed by atoms with Gasteiger partial charge in [-0.25, -0.2) is 4.21 Å². The zero-order valence-corrected chi connectivity index (χ0v) is 19.1. The zero-order valence-electron chi connectivity index (χ0n) is 18.3. The largest absolute Gasteiger partial charge is 0.497 e. The highest BCUT2D eigenvalue weighted by atomic mass is 32.2. The molecule has 0 amide bonds. The molecule has 3 rings (SSSR count). The molecule has 4 nitrogen and oxygen atoms in total. The molecule has 2 N–H and O–H groups in total. The predicted octanol–water partition coefficient (Wildman–Crippen LogP) is 6.16. The Labute approximate surface area is 190 Å². The minimum absolute atomic E-state index is 0.447. The maximum absolute atomic E-state index is 13.2. The van der Waals surface area contributed by atoms with Gasteiger partial charge in [0.15, 0.2) is 0 Å². The summed E-state index contributed by atoms with van der Waals surface area (Å²) < 4.78 is 24.3. The Morgan fingerprint density at radius 1 is 0.844 bits per heavy atom. The lowest BCUT2D eigenvalue weighted by Crippen LogP contribution is -2.20. The van der Waals surface area contributed by atoms with Crippen LogP contribution in [0.25, 0.3) is 11.1 Å². The Morgan fingerprint density at radius 2 is 1.31 bits per heavy atom. The predicted molar refractivity (Wildman–Crippen MR) is 135 cm³/mol. The highest BCUT2D eigenvalue weighted by Crippen LogP contribution is 2.27. The lowest BCUT2D eigenvalue weighted by molar-refractivity contribution is 0.415. The van der Waals surface area contributed by atoms with Gasteiger partial charge in [-0.2, -0.15) is 0 Å². The third kappa shape index (κ3) is 5.58. The molecule has 0 fully saturated rings. The van der Waals surface area contributed by atoms with Crippen molar-refractivity contribution >= 4 is 14.6 Å². The first-order valence-corrected chi connectivity index (χ1v) is 11.6. The summed E-state index contributed by atoms with van der Waals surface area (Å²) in [5, 5.41) is 6.16. The van der Waals surface area contributed by atoms with Crippen molar-refractivity contribution in [3.63, 3.8) is 0 Å². The van der Waals surface area contributed by atoms with Gasteiger partial charge in [-0.1, -0.05) is 55.1 Å². The normalized spacial score (nSPS) is 12.7. The fraction of sp³-hybridized carbons (Fsp3) is 0.0741. The maximum Gasteiger partial charge on any atom is 0.127 e. The van der Waals surface area contributed by atoms with E-state index in [2.05, 4.69) is 13.2 Å². The molecule has 164 valence electrons. The van der Waals surface area contributed by atoms with Crippen molar-refractivity contribution in [1.29, 1.82) is 0 Å². The number of methoxy groups -OCH3 is 1. The van der Waals surface area contributed by atoms with Crippen molar-refractivity contribution in [2.75, 3.05) is 7.11 Å². The highest BCUT2D eigenvalue weighted by Gasteiger charge is 2.10. The van der Waals surface area contributed by atoms with E-state index in [-0.39, 0.29) is 0 Å². The quantitative estimate of drug-likeness (QED) is 0.256. The van der Waals surface area contributed by atoms with Crippen LogP contribution in [0.1, 0.15) is 6.92 Å². The van der Waals surface area contributed by atoms with Gasteiger partial charge in [-0.15, -0.1) is 0 Å². The van der Waals surface area contributed by atoms with Gasteiger partial charge in [-0.05, 0) is 72.7 Å². The molecule has 0 heterocycles. The van der Waals surface area contributed by atoms with Crippen LogP contribution < -0.4 is 14.6 Å². The Morgan fingerprint density at radius 3 is 1.75 bits per heavy atom. The van der Waals surface area contributed by atoms with Crippen molar-refractivity contribution in [2.24, 2.45) is 5.14 Å². The van der Waals surface area contributed by atoms with Crippen molar-refractivity contribution < 1.29 is 13.7 Å². The number of nitrogens with two attached hydrogens (primary N) is 1. The topological polar surface area (TPSA) is 61.6 Å². The molecule has 5 heteroatoms. The molecular formula is C27H27NO3S. The molecule has 32 heavy (non-hydrogen) atoms. The Bertz CT molecular complexity index is 1250. The van der Waals surface area contributed by atoms with E-state index in [1.807, 2.05) is 55.5 Å². The summed E-state index contributed by atoms with van der Waals surface area (Å²) in [5.74, 6) is 2.15. The number of ether oxygens (including phenoxy) is 2. The van der Waals surface area contributed by atoms with Crippen molar-refractivity contribution in [1.82, 2.24) is 0 Å². The molecular weight excluding hydrogens is 418 g/mol. The van der Waals surface area contributed by atoms with Crippen LogP contribution in [0.2, 0.25) is 0 Å². The van der Waals surface area contributed by atoms with E-state index in [1.54, 1.807) is 43.5 Å². The van der Waals surface area contributed by atoms with Crippen LogP contribution in [0.5, 0.6) is 17.2 Å². The van der Waals surface area contributed by atoms with E-state index in [4.69, 9.17) is 14.6 Å². The van der Waals surface area contributed by atoms with Gasteiger partial charge in [0.1, 0.15) is 17.2 Å². The molecule has 1 atom stereocenters. The van der Waals surface area contributed by atoms with Crippen LogP contribution in [0, 0.1) is 0 Å². The summed E-state index contributed by atoms with van der Waals surface area (Å²) in [6.45, 7) is 9.39. The first-order valence-electron chi connectivity index (χ1n) is 10.0. The number of hydrogen-bond acceptors (Lipinski definition) is 3. The molecule has 3 aromatic carbocycles. The van der Waals surface area contributed by atoms with E-state index < -0.39 is 9.71 Å². The van der Waals surface area contributed by atoms with Crippen molar-refractivity contribution in [2.45, 2.75) is 11.8 Å². The number of benzene rings is 3. The first kappa shape index (κ1) is 23.1. The molecule has 3 aromatic rings. The van der Waals surface area contributed by atoms with Gasteiger partial charge in [0.25, 0.3) is 0 Å². The third-order valence-corrected chi connectivity index (χ3v) is 6.75. The maximum atomic E-state index is 13.2. The average Bonchev–Trinajstić information content (AvgIpc) is 2.80. The molecule has 0 bridgehead atoms. The molecule has 0 aromatic heterocycles. The summed E-state index contributed by atoms with van der Waals surface area (Å²) in [4.78, 5) is 0.948. The van der Waals surface area contributed by atoms with Gasteiger partial charge in [-0.3, -0.25) is 5.14 Å². The molecule has 0 radical (unpaired) electrons. The molecule has 1 unspecified atom stereocenters. The Hall–Kier alpha value is -3.54. The number of rotatable bonds is 8. The molecule has 0 aliphatic heterocycles. The van der Waals surface area contributed by atoms with Crippen LogP contribution >= 0.6 is 0 Å². The molecule has 0 spiro atoms. The van der Waals surface area contributed by atoms with E-state index in [0.717, 1.165) is 22.4 Å². The van der Waals surface area contributed by atoms with E-state index in [0.29, 0.717) is 21.3 Å². The van der Waals surface area contributed by atoms with Gasteiger partial charge < -0.3 is 9.47 Å². The number of hydrogen-bond donors (Lipinski definition) is 1. The lowest BCUT2D eigenvalue weighted by Gasteiger charge is -2.11. The second-order valence-corrected chi connectivity index (χ2v) is 9.36.